The van der Waals surface area contributed by atoms with E-state index in [0.717, 1.165) is 12.8 Å². The molecular weight excluding hydrogens is 258 g/mol. The first-order valence-electron chi connectivity index (χ1n) is 6.90. The van der Waals surface area contributed by atoms with Crippen molar-refractivity contribution < 1.29 is 19.4 Å². The van der Waals surface area contributed by atoms with Crippen LogP contribution in [0.4, 0.5) is 5.69 Å². The molecule has 0 spiro atoms. The van der Waals surface area contributed by atoms with Crippen molar-refractivity contribution in [2.45, 2.75) is 19.3 Å². The molecule has 2 aliphatic rings. The van der Waals surface area contributed by atoms with Gasteiger partial charge in [0.1, 0.15) is 12.4 Å². The molecule has 1 aliphatic heterocycles. The lowest BCUT2D eigenvalue weighted by Gasteiger charge is -2.35. The molecule has 20 heavy (non-hydrogen) atoms. The molecule has 1 N–H and O–H groups in total. The van der Waals surface area contributed by atoms with Gasteiger partial charge in [-0.15, -0.1) is 0 Å². The molecule has 5 heteroatoms. The van der Waals surface area contributed by atoms with Gasteiger partial charge in [0.2, 0.25) is 0 Å². The minimum absolute atomic E-state index is 0.0486. The van der Waals surface area contributed by atoms with Crippen LogP contribution in [-0.4, -0.2) is 36.6 Å². The summed E-state index contributed by atoms with van der Waals surface area (Å²) in [5.41, 5.74) is 1.05. The third kappa shape index (κ3) is 2.29. The standard InChI is InChI=1S/C15H17NO4/c17-8-13(18)11-4-5-14-12(6-11)16(15(19)9-20-14)7-10-2-1-3-10/h4-6,10,17H,1-3,7-9H2. The zero-order valence-corrected chi connectivity index (χ0v) is 11.2. The highest BCUT2D eigenvalue weighted by molar-refractivity contribution is 6.02. The van der Waals surface area contributed by atoms with E-state index < -0.39 is 6.61 Å². The molecule has 106 valence electrons. The van der Waals surface area contributed by atoms with E-state index in [0.29, 0.717) is 29.5 Å². The van der Waals surface area contributed by atoms with Crippen LogP contribution in [0.1, 0.15) is 29.6 Å². The molecule has 0 saturated heterocycles. The largest absolute Gasteiger partial charge is 0.482 e. The molecule has 0 unspecified atom stereocenters. The first-order chi connectivity index (χ1) is 9.69. The SMILES string of the molecule is O=C(CO)c1ccc2c(c1)N(CC1CCC1)C(=O)CO2. The monoisotopic (exact) mass is 275 g/mol. The van der Waals surface area contributed by atoms with Crippen LogP contribution in [-0.2, 0) is 4.79 Å². The second-order valence-electron chi connectivity index (χ2n) is 5.35. The number of anilines is 1. The number of aliphatic hydroxyl groups excluding tert-OH is 1. The van der Waals surface area contributed by atoms with Crippen molar-refractivity contribution in [1.29, 1.82) is 0 Å². The summed E-state index contributed by atoms with van der Waals surface area (Å²) in [6, 6.07) is 4.96. The molecule has 0 bridgehead atoms. The molecule has 1 heterocycles. The molecule has 1 saturated carbocycles. The van der Waals surface area contributed by atoms with E-state index >= 15 is 0 Å². The smallest absolute Gasteiger partial charge is 0.265 e. The van der Waals surface area contributed by atoms with E-state index in [9.17, 15) is 9.59 Å². The first kappa shape index (κ1) is 13.1. The highest BCUT2D eigenvalue weighted by Gasteiger charge is 2.30. The quantitative estimate of drug-likeness (QED) is 0.843. The van der Waals surface area contributed by atoms with Gasteiger partial charge in [0.25, 0.3) is 5.91 Å². The maximum Gasteiger partial charge on any atom is 0.265 e. The Morgan fingerprint density at radius 3 is 2.85 bits per heavy atom. The van der Waals surface area contributed by atoms with Gasteiger partial charge in [-0.25, -0.2) is 0 Å². The van der Waals surface area contributed by atoms with Gasteiger partial charge in [-0.2, -0.15) is 0 Å². The Bertz CT molecular complexity index is 551. The summed E-state index contributed by atoms with van der Waals surface area (Å²) < 4.78 is 5.40. The van der Waals surface area contributed by atoms with Crippen LogP contribution in [0.15, 0.2) is 18.2 Å². The summed E-state index contributed by atoms with van der Waals surface area (Å²) in [6.45, 7) is 0.204. The number of benzene rings is 1. The van der Waals surface area contributed by atoms with E-state index in [2.05, 4.69) is 0 Å². The molecular formula is C15H17NO4. The second-order valence-corrected chi connectivity index (χ2v) is 5.35. The van der Waals surface area contributed by atoms with Gasteiger partial charge in [0.05, 0.1) is 5.69 Å². The van der Waals surface area contributed by atoms with Crippen molar-refractivity contribution in [2.24, 2.45) is 5.92 Å². The number of amides is 1. The Morgan fingerprint density at radius 2 is 2.20 bits per heavy atom. The van der Waals surface area contributed by atoms with E-state index in [4.69, 9.17) is 9.84 Å². The topological polar surface area (TPSA) is 66.8 Å². The Morgan fingerprint density at radius 1 is 1.40 bits per heavy atom. The summed E-state index contributed by atoms with van der Waals surface area (Å²) in [7, 11) is 0. The lowest BCUT2D eigenvalue weighted by Crippen LogP contribution is -2.43. The maximum absolute atomic E-state index is 12.0. The molecule has 1 aliphatic carbocycles. The van der Waals surface area contributed by atoms with Gasteiger partial charge in [0.15, 0.2) is 12.4 Å². The molecule has 0 radical (unpaired) electrons. The maximum atomic E-state index is 12.0. The molecule has 0 atom stereocenters. The van der Waals surface area contributed by atoms with Gasteiger partial charge < -0.3 is 14.7 Å². The highest BCUT2D eigenvalue weighted by Crippen LogP contribution is 2.36. The molecule has 0 aromatic heterocycles. The Balaban J connectivity index is 1.92. The number of hydrogen-bond acceptors (Lipinski definition) is 4. The van der Waals surface area contributed by atoms with Crippen molar-refractivity contribution in [1.82, 2.24) is 0 Å². The first-order valence-corrected chi connectivity index (χ1v) is 6.90. The zero-order valence-electron chi connectivity index (χ0n) is 11.2. The third-order valence-corrected chi connectivity index (χ3v) is 4.03. The number of ether oxygens (including phenoxy) is 1. The van der Waals surface area contributed by atoms with E-state index in [1.165, 1.54) is 6.42 Å². The fourth-order valence-corrected chi connectivity index (χ4v) is 2.60. The van der Waals surface area contributed by atoms with Crippen LogP contribution >= 0.6 is 0 Å². The molecule has 3 rings (SSSR count). The van der Waals surface area contributed by atoms with Crippen LogP contribution in [0, 0.1) is 5.92 Å². The Hall–Kier alpha value is -1.88. The lowest BCUT2D eigenvalue weighted by molar-refractivity contribution is -0.121. The molecule has 1 aromatic rings. The van der Waals surface area contributed by atoms with Gasteiger partial charge in [-0.05, 0) is 37.0 Å². The van der Waals surface area contributed by atoms with Gasteiger partial charge in [-0.1, -0.05) is 6.42 Å². The zero-order chi connectivity index (χ0) is 14.1. The minimum Gasteiger partial charge on any atom is -0.482 e. The average Bonchev–Trinajstić information content (AvgIpc) is 2.43. The van der Waals surface area contributed by atoms with Crippen molar-refractivity contribution in [3.8, 4) is 5.75 Å². The minimum atomic E-state index is -0.532. The predicted molar refractivity (Wildman–Crippen MR) is 73.0 cm³/mol. The van der Waals surface area contributed by atoms with Crippen molar-refractivity contribution >= 4 is 17.4 Å². The van der Waals surface area contributed by atoms with Gasteiger partial charge in [0, 0.05) is 12.1 Å². The number of Topliss-reactive ketones (excluding diaryl/α,β-unsaturated/α-hetero) is 1. The summed E-state index contributed by atoms with van der Waals surface area (Å²) in [6.07, 6.45) is 3.52. The summed E-state index contributed by atoms with van der Waals surface area (Å²) in [5, 5.41) is 8.94. The fraction of sp³-hybridized carbons (Fsp3) is 0.467. The van der Waals surface area contributed by atoms with E-state index in [1.54, 1.807) is 23.1 Å². The van der Waals surface area contributed by atoms with Crippen LogP contribution < -0.4 is 9.64 Å². The Labute approximate surface area is 117 Å². The molecule has 1 aromatic carbocycles. The lowest BCUT2D eigenvalue weighted by atomic mass is 9.85. The van der Waals surface area contributed by atoms with Crippen molar-refractivity contribution in [2.75, 3.05) is 24.7 Å². The highest BCUT2D eigenvalue weighted by atomic mass is 16.5. The van der Waals surface area contributed by atoms with Crippen LogP contribution in [0.25, 0.3) is 0 Å². The number of carbonyl (C=O) groups excluding carboxylic acids is 2. The summed E-state index contributed by atoms with van der Waals surface area (Å²) >= 11 is 0. The number of aliphatic hydroxyl groups is 1. The summed E-state index contributed by atoms with van der Waals surface area (Å²) in [4.78, 5) is 25.4. The summed E-state index contributed by atoms with van der Waals surface area (Å²) in [5.74, 6) is 0.743. The normalized spacial score (nSPS) is 18.2. The van der Waals surface area contributed by atoms with Gasteiger partial charge in [-0.3, -0.25) is 9.59 Å². The van der Waals surface area contributed by atoms with E-state index in [-0.39, 0.29) is 18.3 Å². The van der Waals surface area contributed by atoms with Crippen LogP contribution in [0.5, 0.6) is 5.75 Å². The molecule has 5 nitrogen and oxygen atoms in total. The number of hydrogen-bond donors (Lipinski definition) is 1. The number of fused-ring (bicyclic) bond motifs is 1. The van der Waals surface area contributed by atoms with Crippen molar-refractivity contribution in [3.05, 3.63) is 23.8 Å². The van der Waals surface area contributed by atoms with Crippen LogP contribution in [0.3, 0.4) is 0 Å². The molecule has 1 amide bonds. The molecule has 1 fully saturated rings. The predicted octanol–water partition coefficient (Wildman–Crippen LogP) is 1.39. The van der Waals surface area contributed by atoms with Crippen molar-refractivity contribution in [3.63, 3.8) is 0 Å². The number of nitrogens with zero attached hydrogens (tertiary/aromatic N) is 1. The van der Waals surface area contributed by atoms with Gasteiger partial charge >= 0.3 is 0 Å². The fourth-order valence-electron chi connectivity index (χ4n) is 2.60. The second kappa shape index (κ2) is 5.25. The third-order valence-electron chi connectivity index (χ3n) is 4.03. The van der Waals surface area contributed by atoms with Crippen LogP contribution in [0.2, 0.25) is 0 Å². The Kier molecular flexibility index (Phi) is 3.44. The number of carbonyl (C=O) groups is 2. The number of rotatable bonds is 4. The average molecular weight is 275 g/mol. The van der Waals surface area contributed by atoms with E-state index in [1.807, 2.05) is 0 Å². The number of ketones is 1.